The zero-order valence-electron chi connectivity index (χ0n) is 11.5. The number of methoxy groups -OCH3 is 1. The average molecular weight is 270 g/mol. The fourth-order valence-corrected chi connectivity index (χ4v) is 2.22. The van der Waals surface area contributed by atoms with E-state index < -0.39 is 0 Å². The van der Waals surface area contributed by atoms with Crippen LogP contribution in [0.3, 0.4) is 0 Å². The normalized spacial score (nSPS) is 11.9. The van der Waals surface area contributed by atoms with Crippen LogP contribution in [0.5, 0.6) is 0 Å². The first-order valence-corrected chi connectivity index (χ1v) is 6.93. The van der Waals surface area contributed by atoms with Gasteiger partial charge >= 0.3 is 0 Å². The van der Waals surface area contributed by atoms with Crippen LogP contribution in [0.15, 0.2) is 10.4 Å². The molecule has 6 heteroatoms. The molecular weight excluding hydrogens is 248 g/mol. The van der Waals surface area contributed by atoms with Gasteiger partial charge in [-0.3, -0.25) is 4.99 Å². The van der Waals surface area contributed by atoms with Gasteiger partial charge in [0.1, 0.15) is 5.01 Å². The molecular formula is C12H22N4OS. The van der Waals surface area contributed by atoms with Crippen LogP contribution in [-0.4, -0.2) is 38.3 Å². The van der Waals surface area contributed by atoms with Gasteiger partial charge in [0.25, 0.3) is 0 Å². The SMILES string of the molecule is CN=C(NCCOC)NCc1nc(C(C)C)cs1. The Balaban J connectivity index is 2.37. The Labute approximate surface area is 113 Å². The molecule has 2 N–H and O–H groups in total. The van der Waals surface area contributed by atoms with Crippen LogP contribution in [0.1, 0.15) is 30.5 Å². The van der Waals surface area contributed by atoms with Crippen molar-refractivity contribution in [1.29, 1.82) is 0 Å². The van der Waals surface area contributed by atoms with Gasteiger partial charge in [0.05, 0.1) is 18.8 Å². The van der Waals surface area contributed by atoms with E-state index in [2.05, 4.69) is 39.8 Å². The first-order valence-electron chi connectivity index (χ1n) is 6.05. The summed E-state index contributed by atoms with van der Waals surface area (Å²) >= 11 is 1.68. The van der Waals surface area contributed by atoms with Crippen molar-refractivity contribution < 1.29 is 4.74 Å². The molecule has 1 aromatic heterocycles. The van der Waals surface area contributed by atoms with Gasteiger partial charge in [-0.25, -0.2) is 4.98 Å². The first kappa shape index (κ1) is 14.9. The van der Waals surface area contributed by atoms with Crippen molar-refractivity contribution in [3.05, 3.63) is 16.1 Å². The van der Waals surface area contributed by atoms with Crippen molar-refractivity contribution in [3.63, 3.8) is 0 Å². The number of hydrogen-bond acceptors (Lipinski definition) is 4. The number of guanidine groups is 1. The highest BCUT2D eigenvalue weighted by atomic mass is 32.1. The van der Waals surface area contributed by atoms with E-state index in [0.29, 0.717) is 19.1 Å². The van der Waals surface area contributed by atoms with Crippen molar-refractivity contribution in [2.75, 3.05) is 27.3 Å². The molecule has 18 heavy (non-hydrogen) atoms. The molecule has 1 heterocycles. The van der Waals surface area contributed by atoms with E-state index in [1.807, 2.05) is 0 Å². The van der Waals surface area contributed by atoms with Crippen molar-refractivity contribution in [2.24, 2.45) is 4.99 Å². The van der Waals surface area contributed by atoms with Gasteiger partial charge in [0.2, 0.25) is 0 Å². The van der Waals surface area contributed by atoms with E-state index in [1.54, 1.807) is 25.5 Å². The van der Waals surface area contributed by atoms with Gasteiger partial charge in [0.15, 0.2) is 5.96 Å². The molecule has 0 amide bonds. The number of ether oxygens (including phenoxy) is 1. The Morgan fingerprint density at radius 3 is 2.83 bits per heavy atom. The minimum atomic E-state index is 0.481. The van der Waals surface area contributed by atoms with E-state index in [9.17, 15) is 0 Å². The monoisotopic (exact) mass is 270 g/mol. The van der Waals surface area contributed by atoms with Gasteiger partial charge in [-0.15, -0.1) is 11.3 Å². The lowest BCUT2D eigenvalue weighted by molar-refractivity contribution is 0.203. The molecule has 0 radical (unpaired) electrons. The summed E-state index contributed by atoms with van der Waals surface area (Å²) in [6.45, 7) is 6.40. The van der Waals surface area contributed by atoms with Crippen LogP contribution in [-0.2, 0) is 11.3 Å². The third kappa shape index (κ3) is 5.01. The first-order chi connectivity index (χ1) is 8.67. The van der Waals surface area contributed by atoms with Gasteiger partial charge in [-0.2, -0.15) is 0 Å². The van der Waals surface area contributed by atoms with Gasteiger partial charge < -0.3 is 15.4 Å². The number of aromatic nitrogens is 1. The molecule has 0 aliphatic rings. The summed E-state index contributed by atoms with van der Waals surface area (Å²) in [5.41, 5.74) is 1.15. The Hall–Kier alpha value is -1.14. The minimum absolute atomic E-state index is 0.481. The molecule has 0 saturated carbocycles. The summed E-state index contributed by atoms with van der Waals surface area (Å²) in [5.74, 6) is 1.25. The third-order valence-electron chi connectivity index (χ3n) is 2.39. The second-order valence-electron chi connectivity index (χ2n) is 4.17. The largest absolute Gasteiger partial charge is 0.383 e. The van der Waals surface area contributed by atoms with E-state index in [1.165, 1.54) is 0 Å². The number of nitrogens with one attached hydrogen (secondary N) is 2. The molecule has 0 unspecified atom stereocenters. The van der Waals surface area contributed by atoms with Crippen molar-refractivity contribution in [3.8, 4) is 0 Å². The molecule has 0 spiro atoms. The van der Waals surface area contributed by atoms with Crippen molar-refractivity contribution in [2.45, 2.75) is 26.3 Å². The topological polar surface area (TPSA) is 58.5 Å². The Kier molecular flexibility index (Phi) is 6.67. The van der Waals surface area contributed by atoms with Crippen LogP contribution >= 0.6 is 11.3 Å². The third-order valence-corrected chi connectivity index (χ3v) is 3.26. The Morgan fingerprint density at radius 1 is 1.50 bits per heavy atom. The molecule has 0 atom stereocenters. The standard InChI is InChI=1S/C12H22N4OS/c1-9(2)10-8-18-11(16-10)7-15-12(13-3)14-5-6-17-4/h8-9H,5-7H2,1-4H3,(H2,13,14,15). The lowest BCUT2D eigenvalue weighted by atomic mass is 10.2. The maximum atomic E-state index is 4.97. The highest BCUT2D eigenvalue weighted by Crippen LogP contribution is 2.17. The van der Waals surface area contributed by atoms with E-state index >= 15 is 0 Å². The van der Waals surface area contributed by atoms with E-state index in [-0.39, 0.29) is 0 Å². The fraction of sp³-hybridized carbons (Fsp3) is 0.667. The molecule has 0 bridgehead atoms. The highest BCUT2D eigenvalue weighted by molar-refractivity contribution is 7.09. The molecule has 0 fully saturated rings. The minimum Gasteiger partial charge on any atom is -0.383 e. The van der Waals surface area contributed by atoms with Crippen LogP contribution in [0.25, 0.3) is 0 Å². The molecule has 0 saturated heterocycles. The second kappa shape index (κ2) is 8.05. The van der Waals surface area contributed by atoms with Crippen LogP contribution in [0.2, 0.25) is 0 Å². The summed E-state index contributed by atoms with van der Waals surface area (Å²) in [5, 5.41) is 9.58. The van der Waals surface area contributed by atoms with Crippen molar-refractivity contribution >= 4 is 17.3 Å². The number of rotatable bonds is 6. The summed E-state index contributed by atoms with van der Waals surface area (Å²) in [6, 6.07) is 0. The van der Waals surface area contributed by atoms with Gasteiger partial charge in [0, 0.05) is 26.1 Å². The van der Waals surface area contributed by atoms with Gasteiger partial charge in [-0.05, 0) is 5.92 Å². The fourth-order valence-electron chi connectivity index (χ4n) is 1.32. The van der Waals surface area contributed by atoms with Crippen molar-refractivity contribution in [1.82, 2.24) is 15.6 Å². The second-order valence-corrected chi connectivity index (χ2v) is 5.11. The van der Waals surface area contributed by atoms with Crippen LogP contribution < -0.4 is 10.6 Å². The lowest BCUT2D eigenvalue weighted by Gasteiger charge is -2.10. The smallest absolute Gasteiger partial charge is 0.191 e. The number of aliphatic imine (C=N–C) groups is 1. The van der Waals surface area contributed by atoms with Crippen LogP contribution in [0.4, 0.5) is 0 Å². The zero-order chi connectivity index (χ0) is 13.4. The van der Waals surface area contributed by atoms with E-state index in [0.717, 1.165) is 23.2 Å². The molecule has 0 aromatic carbocycles. The summed E-state index contributed by atoms with van der Waals surface area (Å²) in [6.07, 6.45) is 0. The number of nitrogens with zero attached hydrogens (tertiary/aromatic N) is 2. The highest BCUT2D eigenvalue weighted by Gasteiger charge is 2.06. The summed E-state index contributed by atoms with van der Waals surface area (Å²) < 4.78 is 4.97. The Morgan fingerprint density at radius 2 is 2.28 bits per heavy atom. The number of thiazole rings is 1. The maximum Gasteiger partial charge on any atom is 0.191 e. The Bertz CT molecular complexity index is 376. The number of hydrogen-bond donors (Lipinski definition) is 2. The van der Waals surface area contributed by atoms with E-state index in [4.69, 9.17) is 4.74 Å². The molecule has 5 nitrogen and oxygen atoms in total. The summed E-state index contributed by atoms with van der Waals surface area (Å²) in [4.78, 5) is 8.69. The molecule has 0 aliphatic heterocycles. The maximum absolute atomic E-state index is 4.97. The average Bonchev–Trinajstić information content (AvgIpc) is 2.82. The molecule has 1 aromatic rings. The summed E-state index contributed by atoms with van der Waals surface area (Å²) in [7, 11) is 3.43. The zero-order valence-corrected chi connectivity index (χ0v) is 12.3. The molecule has 0 aliphatic carbocycles. The van der Waals surface area contributed by atoms with Gasteiger partial charge in [-0.1, -0.05) is 13.8 Å². The molecule has 102 valence electrons. The molecule has 1 rings (SSSR count). The predicted octanol–water partition coefficient (Wildman–Crippen LogP) is 1.58. The van der Waals surface area contributed by atoms with Crippen LogP contribution in [0, 0.1) is 0 Å². The lowest BCUT2D eigenvalue weighted by Crippen LogP contribution is -2.38. The predicted molar refractivity (Wildman–Crippen MR) is 76.3 cm³/mol. The quantitative estimate of drug-likeness (QED) is 0.468.